The van der Waals surface area contributed by atoms with Gasteiger partial charge < -0.3 is 10.1 Å². The number of aromatic nitrogens is 1. The van der Waals surface area contributed by atoms with Crippen LogP contribution in [0.3, 0.4) is 0 Å². The van der Waals surface area contributed by atoms with Crippen molar-refractivity contribution >= 4 is 27.4 Å². The topological polar surface area (TPSA) is 34.1 Å². The molecule has 0 unspecified atom stereocenters. The van der Waals surface area contributed by atoms with E-state index in [1.54, 1.807) is 12.3 Å². The average Bonchev–Trinajstić information content (AvgIpc) is 2.34. The molecule has 0 radical (unpaired) electrons. The number of ether oxygens (including phenoxy) is 1. The van der Waals surface area contributed by atoms with Gasteiger partial charge in [-0.1, -0.05) is 0 Å². The number of rotatable bonds is 3. The fourth-order valence-corrected chi connectivity index (χ4v) is 2.01. The number of aryl methyl sites for hydroxylation is 1. The molecule has 1 aromatic carbocycles. The lowest BCUT2D eigenvalue weighted by molar-refractivity contribution is 0.413. The Labute approximate surface area is 113 Å². The second kappa shape index (κ2) is 5.35. The van der Waals surface area contributed by atoms with E-state index >= 15 is 0 Å². The lowest BCUT2D eigenvalue weighted by Crippen LogP contribution is -1.99. The molecule has 1 heterocycles. The molecule has 0 amide bonds. The Hall–Kier alpha value is -1.62. The molecule has 18 heavy (non-hydrogen) atoms. The first-order valence-corrected chi connectivity index (χ1v) is 6.12. The number of halogens is 2. The first-order valence-electron chi connectivity index (χ1n) is 5.33. The van der Waals surface area contributed by atoms with Crippen LogP contribution in [0.15, 0.2) is 34.9 Å². The van der Waals surface area contributed by atoms with Crippen LogP contribution in [-0.4, -0.2) is 12.1 Å². The number of nitrogens with zero attached hydrogens (tertiary/aromatic N) is 1. The molecule has 2 aromatic rings. The molecule has 5 heteroatoms. The van der Waals surface area contributed by atoms with Gasteiger partial charge in [-0.25, -0.2) is 9.37 Å². The summed E-state index contributed by atoms with van der Waals surface area (Å²) in [5, 5.41) is 3.12. The van der Waals surface area contributed by atoms with Crippen molar-refractivity contribution in [3.05, 3.63) is 46.3 Å². The van der Waals surface area contributed by atoms with Crippen molar-refractivity contribution in [1.29, 1.82) is 0 Å². The highest BCUT2D eigenvalue weighted by atomic mass is 79.9. The van der Waals surface area contributed by atoms with Crippen molar-refractivity contribution in [3.8, 4) is 5.75 Å². The molecule has 0 saturated carbocycles. The van der Waals surface area contributed by atoms with Crippen molar-refractivity contribution in [2.45, 2.75) is 6.92 Å². The van der Waals surface area contributed by atoms with Gasteiger partial charge in [-0.3, -0.25) is 0 Å². The predicted molar refractivity (Wildman–Crippen MR) is 72.9 cm³/mol. The lowest BCUT2D eigenvalue weighted by atomic mass is 10.2. The van der Waals surface area contributed by atoms with Crippen LogP contribution in [0.2, 0.25) is 0 Å². The first kappa shape index (κ1) is 12.8. The third-order valence-corrected chi connectivity index (χ3v) is 2.90. The molecule has 3 nitrogen and oxygen atoms in total. The summed E-state index contributed by atoms with van der Waals surface area (Å²) in [5.74, 6) is 0.820. The summed E-state index contributed by atoms with van der Waals surface area (Å²) >= 11 is 3.35. The van der Waals surface area contributed by atoms with Crippen molar-refractivity contribution in [2.75, 3.05) is 12.4 Å². The van der Waals surface area contributed by atoms with E-state index < -0.39 is 0 Å². The van der Waals surface area contributed by atoms with Crippen molar-refractivity contribution in [2.24, 2.45) is 0 Å². The van der Waals surface area contributed by atoms with E-state index in [9.17, 15) is 4.39 Å². The monoisotopic (exact) mass is 310 g/mol. The maximum absolute atomic E-state index is 13.1. The second-order valence-electron chi connectivity index (χ2n) is 3.79. The normalized spacial score (nSPS) is 10.2. The van der Waals surface area contributed by atoms with Gasteiger partial charge in [-0.2, -0.15) is 0 Å². The van der Waals surface area contributed by atoms with Gasteiger partial charge in [0, 0.05) is 16.7 Å². The molecule has 2 rings (SSSR count). The summed E-state index contributed by atoms with van der Waals surface area (Å²) in [7, 11) is 1.50. The summed E-state index contributed by atoms with van der Waals surface area (Å²) in [6.45, 7) is 1.94. The van der Waals surface area contributed by atoms with Gasteiger partial charge in [0.25, 0.3) is 0 Å². The molecule has 0 atom stereocenters. The number of pyridine rings is 1. The maximum Gasteiger partial charge on any atom is 0.145 e. The quantitative estimate of drug-likeness (QED) is 0.929. The third-order valence-electron chi connectivity index (χ3n) is 2.46. The van der Waals surface area contributed by atoms with Crippen LogP contribution < -0.4 is 10.1 Å². The van der Waals surface area contributed by atoms with Crippen LogP contribution in [-0.2, 0) is 0 Å². The number of hydrogen-bond donors (Lipinski definition) is 1. The zero-order valence-electron chi connectivity index (χ0n) is 10.00. The minimum atomic E-state index is -0.335. The zero-order chi connectivity index (χ0) is 13.1. The molecule has 0 spiro atoms. The second-order valence-corrected chi connectivity index (χ2v) is 4.70. The number of methoxy groups -OCH3 is 1. The Morgan fingerprint density at radius 1 is 1.33 bits per heavy atom. The Morgan fingerprint density at radius 2 is 2.11 bits per heavy atom. The van der Waals surface area contributed by atoms with Gasteiger partial charge in [0.15, 0.2) is 0 Å². The molecule has 0 aliphatic rings. The Morgan fingerprint density at radius 3 is 2.78 bits per heavy atom. The summed E-state index contributed by atoms with van der Waals surface area (Å²) in [4.78, 5) is 4.26. The molecule has 0 fully saturated rings. The predicted octanol–water partition coefficient (Wildman–Crippen LogP) is 4.04. The van der Waals surface area contributed by atoms with E-state index in [4.69, 9.17) is 4.74 Å². The molecular formula is C13H12BrFN2O. The summed E-state index contributed by atoms with van der Waals surface area (Å²) < 4.78 is 19.1. The number of hydrogen-bond acceptors (Lipinski definition) is 3. The Bertz CT molecular complexity index is 575. The number of anilines is 2. The number of nitrogens with one attached hydrogen (secondary N) is 1. The Balaban J connectivity index is 2.33. The van der Waals surface area contributed by atoms with Crippen molar-refractivity contribution in [3.63, 3.8) is 0 Å². The molecule has 1 N–H and O–H groups in total. The molecule has 0 saturated heterocycles. The van der Waals surface area contributed by atoms with Crippen LogP contribution in [0.1, 0.15) is 5.56 Å². The summed E-state index contributed by atoms with van der Waals surface area (Å²) in [5.41, 5.74) is 1.66. The molecule has 0 bridgehead atoms. The van der Waals surface area contributed by atoms with Gasteiger partial charge in [0.1, 0.15) is 17.4 Å². The fraction of sp³-hybridized carbons (Fsp3) is 0.154. The van der Waals surface area contributed by atoms with Crippen molar-refractivity contribution in [1.82, 2.24) is 4.98 Å². The molecule has 1 aromatic heterocycles. The highest BCUT2D eigenvalue weighted by molar-refractivity contribution is 9.10. The van der Waals surface area contributed by atoms with Gasteiger partial charge in [-0.15, -0.1) is 0 Å². The van der Waals surface area contributed by atoms with Crippen LogP contribution in [0.5, 0.6) is 5.75 Å². The van der Waals surface area contributed by atoms with E-state index in [2.05, 4.69) is 26.2 Å². The van der Waals surface area contributed by atoms with Crippen LogP contribution >= 0.6 is 15.9 Å². The van der Waals surface area contributed by atoms with E-state index in [1.165, 1.54) is 19.2 Å². The van der Waals surface area contributed by atoms with Crippen LogP contribution in [0, 0.1) is 12.7 Å². The smallest absolute Gasteiger partial charge is 0.145 e. The highest BCUT2D eigenvalue weighted by Gasteiger charge is 2.07. The fourth-order valence-electron chi connectivity index (χ4n) is 1.57. The molecule has 0 aliphatic carbocycles. The van der Waals surface area contributed by atoms with E-state index in [1.807, 2.05) is 13.0 Å². The van der Waals surface area contributed by atoms with E-state index in [0.29, 0.717) is 17.3 Å². The summed E-state index contributed by atoms with van der Waals surface area (Å²) in [6, 6.07) is 6.28. The molecular weight excluding hydrogens is 299 g/mol. The number of benzene rings is 1. The van der Waals surface area contributed by atoms with Gasteiger partial charge in [-0.05, 0) is 46.6 Å². The lowest BCUT2D eigenvalue weighted by Gasteiger charge is -2.12. The SMILES string of the molecule is COc1cc(F)ccc1Nc1ncc(Br)cc1C. The van der Waals surface area contributed by atoms with Gasteiger partial charge in [0.2, 0.25) is 0 Å². The minimum Gasteiger partial charge on any atom is -0.494 e. The third kappa shape index (κ3) is 2.79. The van der Waals surface area contributed by atoms with Crippen LogP contribution in [0.4, 0.5) is 15.9 Å². The van der Waals surface area contributed by atoms with Crippen LogP contribution in [0.25, 0.3) is 0 Å². The highest BCUT2D eigenvalue weighted by Crippen LogP contribution is 2.29. The van der Waals surface area contributed by atoms with E-state index in [0.717, 1.165) is 10.0 Å². The zero-order valence-corrected chi connectivity index (χ0v) is 11.6. The minimum absolute atomic E-state index is 0.335. The first-order chi connectivity index (χ1) is 8.60. The largest absolute Gasteiger partial charge is 0.494 e. The standard InChI is InChI=1S/C13H12BrFN2O/c1-8-5-9(14)7-16-13(8)17-11-4-3-10(15)6-12(11)18-2/h3-7H,1-2H3,(H,16,17). The van der Waals surface area contributed by atoms with Gasteiger partial charge >= 0.3 is 0 Å². The Kier molecular flexibility index (Phi) is 3.81. The van der Waals surface area contributed by atoms with Gasteiger partial charge in [0.05, 0.1) is 12.8 Å². The average molecular weight is 311 g/mol. The summed E-state index contributed by atoms with van der Waals surface area (Å²) in [6.07, 6.45) is 1.70. The molecule has 0 aliphatic heterocycles. The van der Waals surface area contributed by atoms with Crippen molar-refractivity contribution < 1.29 is 9.13 Å². The maximum atomic E-state index is 13.1. The molecule has 94 valence electrons. The van der Waals surface area contributed by atoms with E-state index in [-0.39, 0.29) is 5.82 Å².